The van der Waals surface area contributed by atoms with Crippen molar-refractivity contribution in [3.05, 3.63) is 70.8 Å². The van der Waals surface area contributed by atoms with Crippen LogP contribution in [-0.2, 0) is 33.8 Å². The lowest BCUT2D eigenvalue weighted by molar-refractivity contribution is -0.160. The number of aryl methyl sites for hydroxylation is 1. The van der Waals surface area contributed by atoms with Gasteiger partial charge in [-0.05, 0) is 54.5 Å². The van der Waals surface area contributed by atoms with Crippen LogP contribution in [0.3, 0.4) is 0 Å². The Kier molecular flexibility index (Phi) is 11.6. The van der Waals surface area contributed by atoms with Crippen molar-refractivity contribution in [2.24, 2.45) is 0 Å². The fourth-order valence-electron chi connectivity index (χ4n) is 5.03. The van der Waals surface area contributed by atoms with Crippen molar-refractivity contribution in [3.63, 3.8) is 0 Å². The maximum absolute atomic E-state index is 13.9. The monoisotopic (exact) mass is 558 g/mol. The van der Waals surface area contributed by atoms with Gasteiger partial charge in [0.25, 0.3) is 0 Å². The van der Waals surface area contributed by atoms with Crippen molar-refractivity contribution in [3.8, 4) is 0 Å². The first-order chi connectivity index (χ1) is 19.1. The van der Waals surface area contributed by atoms with Gasteiger partial charge in [-0.2, -0.15) is 0 Å². The number of benzene rings is 2. The summed E-state index contributed by atoms with van der Waals surface area (Å²) >= 11 is 0. The highest BCUT2D eigenvalue weighted by Crippen LogP contribution is 2.16. The molecule has 10 heteroatoms. The molecule has 1 heterocycles. The first-order valence-electron chi connectivity index (χ1n) is 14.0. The average molecular weight is 559 g/mol. The van der Waals surface area contributed by atoms with Crippen LogP contribution < -0.4 is 10.6 Å². The van der Waals surface area contributed by atoms with E-state index in [4.69, 9.17) is 0 Å². The Bertz CT molecular complexity index is 1160. The summed E-state index contributed by atoms with van der Waals surface area (Å²) in [6.07, 6.45) is 1.11. The van der Waals surface area contributed by atoms with E-state index in [1.165, 1.54) is 10.5 Å². The molecule has 3 N–H and O–H groups in total. The maximum atomic E-state index is 13.9. The second kappa shape index (κ2) is 14.9. The molecule has 1 aliphatic rings. The number of aliphatic hydroxyl groups is 1. The van der Waals surface area contributed by atoms with Crippen molar-refractivity contribution in [2.45, 2.75) is 71.2 Å². The number of piperazine rings is 1. The number of nitrogens with zero attached hydrogens (tertiary/aromatic N) is 2. The van der Waals surface area contributed by atoms with Crippen molar-refractivity contribution < 1.29 is 28.3 Å². The molecule has 8 nitrogen and oxygen atoms in total. The lowest BCUT2D eigenvalue weighted by Gasteiger charge is -2.40. The summed E-state index contributed by atoms with van der Waals surface area (Å²) in [4.78, 5) is 41.2. The van der Waals surface area contributed by atoms with E-state index < -0.39 is 41.5 Å². The van der Waals surface area contributed by atoms with E-state index >= 15 is 0 Å². The van der Waals surface area contributed by atoms with Gasteiger partial charge in [0.15, 0.2) is 0 Å². The zero-order valence-corrected chi connectivity index (χ0v) is 23.5. The Morgan fingerprint density at radius 2 is 1.73 bits per heavy atom. The number of carbonyl (C=O) groups is 3. The van der Waals surface area contributed by atoms with Crippen LogP contribution in [0.25, 0.3) is 0 Å². The van der Waals surface area contributed by atoms with Crippen LogP contribution in [0.1, 0.15) is 50.3 Å². The molecular weight excluding hydrogens is 518 g/mol. The normalized spacial score (nSPS) is 17.2. The summed E-state index contributed by atoms with van der Waals surface area (Å²) in [5, 5.41) is 16.9. The number of nitrogens with one attached hydrogen (secondary N) is 2. The Balaban J connectivity index is 1.69. The van der Waals surface area contributed by atoms with E-state index in [1.807, 2.05) is 32.0 Å². The standard InChI is InChI=1S/C30H40F2N4O4/c1-4-10-36-25(6-3)18-35(29(39)30(36)40)19-28(38)34-26(14-22-12-23(31)15-24(32)13-22)27(37)17-33-16-21-9-7-8-20(5-2)11-21/h7-9,11-13,15,25-27,33,37H,4-6,10,14,16-19H2,1-3H3,(H,34,38)/t25-,26-,27+/m0/s1. The van der Waals surface area contributed by atoms with E-state index in [0.29, 0.717) is 25.9 Å². The Morgan fingerprint density at radius 3 is 2.38 bits per heavy atom. The number of carbonyl (C=O) groups excluding carboxylic acids is 3. The molecule has 218 valence electrons. The van der Waals surface area contributed by atoms with Gasteiger partial charge in [0.1, 0.15) is 18.2 Å². The van der Waals surface area contributed by atoms with Gasteiger partial charge >= 0.3 is 11.8 Å². The maximum Gasteiger partial charge on any atom is 0.312 e. The third kappa shape index (κ3) is 8.56. The van der Waals surface area contributed by atoms with Gasteiger partial charge in [0.05, 0.1) is 12.1 Å². The molecule has 0 bridgehead atoms. The summed E-state index contributed by atoms with van der Waals surface area (Å²) in [6, 6.07) is 10.00. The highest BCUT2D eigenvalue weighted by atomic mass is 19.1. The Morgan fingerprint density at radius 1 is 1.02 bits per heavy atom. The topological polar surface area (TPSA) is 102 Å². The van der Waals surface area contributed by atoms with Gasteiger partial charge in [-0.3, -0.25) is 14.4 Å². The molecule has 3 rings (SSSR count). The van der Waals surface area contributed by atoms with Gasteiger partial charge in [0, 0.05) is 38.3 Å². The molecule has 40 heavy (non-hydrogen) atoms. The summed E-state index contributed by atoms with van der Waals surface area (Å²) in [5.74, 6) is -3.47. The zero-order chi connectivity index (χ0) is 29.2. The number of hydrogen-bond donors (Lipinski definition) is 3. The van der Waals surface area contributed by atoms with Crippen molar-refractivity contribution in [2.75, 3.05) is 26.2 Å². The summed E-state index contributed by atoms with van der Waals surface area (Å²) < 4.78 is 27.7. The van der Waals surface area contributed by atoms with Crippen LogP contribution in [0.4, 0.5) is 8.78 Å². The van der Waals surface area contributed by atoms with Crippen LogP contribution in [0.15, 0.2) is 42.5 Å². The minimum atomic E-state index is -1.10. The molecular formula is C30H40F2N4O4. The van der Waals surface area contributed by atoms with Crippen molar-refractivity contribution in [1.29, 1.82) is 0 Å². The Labute approximate surface area is 234 Å². The number of aliphatic hydroxyl groups excluding tert-OH is 1. The van der Waals surface area contributed by atoms with Gasteiger partial charge in [-0.15, -0.1) is 0 Å². The number of rotatable bonds is 14. The highest BCUT2D eigenvalue weighted by molar-refractivity contribution is 6.35. The third-order valence-corrected chi connectivity index (χ3v) is 7.14. The lowest BCUT2D eigenvalue weighted by Crippen LogP contribution is -2.61. The summed E-state index contributed by atoms with van der Waals surface area (Å²) in [5.41, 5.74) is 2.49. The largest absolute Gasteiger partial charge is 0.390 e. The Hall–Kier alpha value is -3.37. The first-order valence-corrected chi connectivity index (χ1v) is 14.0. The van der Waals surface area contributed by atoms with E-state index in [2.05, 4.69) is 23.6 Å². The molecule has 1 fully saturated rings. The minimum absolute atomic E-state index is 0.0384. The van der Waals surface area contributed by atoms with E-state index in [0.717, 1.165) is 30.2 Å². The molecule has 3 atom stereocenters. The first kappa shape index (κ1) is 31.2. The summed E-state index contributed by atoms with van der Waals surface area (Å²) in [7, 11) is 0. The molecule has 0 unspecified atom stereocenters. The number of hydrogen-bond acceptors (Lipinski definition) is 5. The predicted octanol–water partition coefficient (Wildman–Crippen LogP) is 2.56. The second-order valence-corrected chi connectivity index (χ2v) is 10.3. The molecule has 0 saturated carbocycles. The van der Waals surface area contributed by atoms with Crippen LogP contribution >= 0.6 is 0 Å². The van der Waals surface area contributed by atoms with Gasteiger partial charge < -0.3 is 25.5 Å². The average Bonchev–Trinajstić information content (AvgIpc) is 2.92. The predicted molar refractivity (Wildman–Crippen MR) is 148 cm³/mol. The molecule has 2 aromatic rings. The molecule has 3 amide bonds. The quantitative estimate of drug-likeness (QED) is 0.310. The van der Waals surface area contributed by atoms with Crippen LogP contribution in [0.2, 0.25) is 0 Å². The van der Waals surface area contributed by atoms with Crippen molar-refractivity contribution in [1.82, 2.24) is 20.4 Å². The van der Waals surface area contributed by atoms with Crippen LogP contribution in [-0.4, -0.2) is 77.0 Å². The third-order valence-electron chi connectivity index (χ3n) is 7.14. The van der Waals surface area contributed by atoms with Crippen molar-refractivity contribution >= 4 is 17.7 Å². The SMILES string of the molecule is CCCN1C(=O)C(=O)N(CC(=O)N[C@@H](Cc2cc(F)cc(F)c2)[C@H](O)CNCc2cccc(CC)c2)C[C@@H]1CC. The molecule has 0 aliphatic carbocycles. The molecule has 1 aliphatic heterocycles. The van der Waals surface area contributed by atoms with Gasteiger partial charge in [-0.1, -0.05) is 45.0 Å². The highest BCUT2D eigenvalue weighted by Gasteiger charge is 2.38. The second-order valence-electron chi connectivity index (χ2n) is 10.3. The van der Waals surface area contributed by atoms with Crippen LogP contribution in [0, 0.1) is 11.6 Å². The van der Waals surface area contributed by atoms with E-state index in [9.17, 15) is 28.3 Å². The van der Waals surface area contributed by atoms with Gasteiger partial charge in [0.2, 0.25) is 5.91 Å². The van der Waals surface area contributed by atoms with E-state index in [1.54, 1.807) is 4.90 Å². The minimum Gasteiger partial charge on any atom is -0.390 e. The van der Waals surface area contributed by atoms with E-state index in [-0.39, 0.29) is 37.7 Å². The fourth-order valence-corrected chi connectivity index (χ4v) is 5.03. The molecule has 1 saturated heterocycles. The smallest absolute Gasteiger partial charge is 0.312 e. The van der Waals surface area contributed by atoms with Crippen LogP contribution in [0.5, 0.6) is 0 Å². The molecule has 2 aromatic carbocycles. The van der Waals surface area contributed by atoms with Gasteiger partial charge in [-0.25, -0.2) is 8.78 Å². The number of amides is 3. The molecule has 0 spiro atoms. The fraction of sp³-hybridized carbons (Fsp3) is 0.500. The molecule has 0 aromatic heterocycles. The molecule has 0 radical (unpaired) electrons. The number of halogens is 2. The summed E-state index contributed by atoms with van der Waals surface area (Å²) in [6.45, 7) is 6.84. The lowest BCUT2D eigenvalue weighted by atomic mass is 10.00. The zero-order valence-electron chi connectivity index (χ0n) is 23.5.